The van der Waals surface area contributed by atoms with Crippen LogP contribution in [0.3, 0.4) is 0 Å². The maximum absolute atomic E-state index is 12.1. The van der Waals surface area contributed by atoms with E-state index in [1.807, 2.05) is 6.92 Å². The van der Waals surface area contributed by atoms with Gasteiger partial charge in [0.1, 0.15) is 0 Å². The molecule has 0 bridgehead atoms. The molecule has 6 nitrogen and oxygen atoms in total. The van der Waals surface area contributed by atoms with Crippen molar-refractivity contribution in [1.29, 1.82) is 0 Å². The molecule has 1 rings (SSSR count). The first kappa shape index (κ1) is 14.2. The molecule has 1 heterocycles. The van der Waals surface area contributed by atoms with Crippen LogP contribution in [0.4, 0.5) is 0 Å². The van der Waals surface area contributed by atoms with Crippen molar-refractivity contribution in [3.8, 4) is 0 Å². The number of furan rings is 1. The highest BCUT2D eigenvalue weighted by Crippen LogP contribution is 2.12. The van der Waals surface area contributed by atoms with Gasteiger partial charge in [-0.15, -0.1) is 0 Å². The number of aliphatic hydroxyl groups excluding tert-OH is 1. The maximum Gasteiger partial charge on any atom is 0.305 e. The lowest BCUT2D eigenvalue weighted by Gasteiger charge is -2.28. The Morgan fingerprint density at radius 2 is 2.22 bits per heavy atom. The summed E-state index contributed by atoms with van der Waals surface area (Å²) in [4.78, 5) is 24.0. The van der Waals surface area contributed by atoms with Gasteiger partial charge >= 0.3 is 5.97 Å². The molecule has 1 aromatic rings. The first-order valence-electron chi connectivity index (χ1n) is 5.77. The van der Waals surface area contributed by atoms with Gasteiger partial charge in [0.15, 0.2) is 5.76 Å². The standard InChI is InChI=1S/C12H17NO5/c1-2-9(8-14)13(6-5-11(15)16)12(17)10-4-3-7-18-10/h3-4,7,9,14H,2,5-6,8H2,1H3,(H,15,16). The summed E-state index contributed by atoms with van der Waals surface area (Å²) < 4.78 is 5.00. The number of carboxylic acids is 1. The molecular formula is C12H17NO5. The molecule has 0 saturated heterocycles. The Kier molecular flexibility index (Phi) is 5.38. The Balaban J connectivity index is 2.82. The number of hydrogen-bond donors (Lipinski definition) is 2. The lowest BCUT2D eigenvalue weighted by atomic mass is 10.1. The minimum Gasteiger partial charge on any atom is -0.481 e. The molecule has 1 amide bonds. The minimum atomic E-state index is -0.986. The monoisotopic (exact) mass is 255 g/mol. The van der Waals surface area contributed by atoms with E-state index in [2.05, 4.69) is 0 Å². The van der Waals surface area contributed by atoms with Gasteiger partial charge < -0.3 is 19.5 Å². The first-order chi connectivity index (χ1) is 8.60. The zero-order chi connectivity index (χ0) is 13.5. The number of carboxylic acid groups (broad SMARTS) is 1. The molecule has 0 spiro atoms. The Labute approximate surface area is 105 Å². The van der Waals surface area contributed by atoms with Crippen molar-refractivity contribution in [3.63, 3.8) is 0 Å². The predicted octanol–water partition coefficient (Wildman–Crippen LogP) is 0.967. The maximum atomic E-state index is 12.1. The summed E-state index contributed by atoms with van der Waals surface area (Å²) in [6, 6.07) is 2.70. The highest BCUT2D eigenvalue weighted by molar-refractivity contribution is 5.91. The van der Waals surface area contributed by atoms with Gasteiger partial charge in [-0.1, -0.05) is 6.92 Å². The van der Waals surface area contributed by atoms with Crippen LogP contribution in [0.2, 0.25) is 0 Å². The van der Waals surface area contributed by atoms with Gasteiger partial charge in [0.25, 0.3) is 5.91 Å². The topological polar surface area (TPSA) is 91.0 Å². The van der Waals surface area contributed by atoms with Crippen LogP contribution in [0.15, 0.2) is 22.8 Å². The second kappa shape index (κ2) is 6.80. The van der Waals surface area contributed by atoms with E-state index in [-0.39, 0.29) is 25.3 Å². The third kappa shape index (κ3) is 3.59. The molecule has 0 aliphatic carbocycles. The smallest absolute Gasteiger partial charge is 0.305 e. The number of carbonyl (C=O) groups excluding carboxylic acids is 1. The first-order valence-corrected chi connectivity index (χ1v) is 5.77. The number of aliphatic carboxylic acids is 1. The Hall–Kier alpha value is -1.82. The van der Waals surface area contributed by atoms with Crippen molar-refractivity contribution in [1.82, 2.24) is 4.90 Å². The fourth-order valence-corrected chi connectivity index (χ4v) is 1.66. The molecule has 6 heteroatoms. The summed E-state index contributed by atoms with van der Waals surface area (Å²) >= 11 is 0. The van der Waals surface area contributed by atoms with E-state index in [4.69, 9.17) is 9.52 Å². The highest BCUT2D eigenvalue weighted by Gasteiger charge is 2.25. The van der Waals surface area contributed by atoms with Gasteiger partial charge in [0.05, 0.1) is 25.3 Å². The molecule has 0 aliphatic heterocycles. The second-order valence-corrected chi connectivity index (χ2v) is 3.86. The van der Waals surface area contributed by atoms with Crippen LogP contribution in [0, 0.1) is 0 Å². The quantitative estimate of drug-likeness (QED) is 0.757. The summed E-state index contributed by atoms with van der Waals surface area (Å²) in [6.07, 6.45) is 1.76. The highest BCUT2D eigenvalue weighted by atomic mass is 16.4. The van der Waals surface area contributed by atoms with Crippen LogP contribution in [-0.4, -0.2) is 46.2 Å². The predicted molar refractivity (Wildman–Crippen MR) is 63.2 cm³/mol. The summed E-state index contributed by atoms with van der Waals surface area (Å²) in [5.74, 6) is -1.24. The fourth-order valence-electron chi connectivity index (χ4n) is 1.66. The average molecular weight is 255 g/mol. The number of carbonyl (C=O) groups is 2. The molecule has 0 saturated carbocycles. The number of hydrogen-bond acceptors (Lipinski definition) is 4. The lowest BCUT2D eigenvalue weighted by molar-refractivity contribution is -0.137. The van der Waals surface area contributed by atoms with E-state index in [0.717, 1.165) is 0 Å². The number of rotatable bonds is 7. The molecule has 0 aliphatic rings. The molecule has 1 unspecified atom stereocenters. The van der Waals surface area contributed by atoms with Crippen molar-refractivity contribution in [2.45, 2.75) is 25.8 Å². The zero-order valence-corrected chi connectivity index (χ0v) is 10.2. The van der Waals surface area contributed by atoms with E-state index < -0.39 is 17.9 Å². The lowest BCUT2D eigenvalue weighted by Crippen LogP contribution is -2.43. The van der Waals surface area contributed by atoms with Gasteiger partial charge in [-0.05, 0) is 18.6 Å². The number of nitrogens with zero attached hydrogens (tertiary/aromatic N) is 1. The summed E-state index contributed by atoms with van der Waals surface area (Å²) in [7, 11) is 0. The molecule has 100 valence electrons. The summed E-state index contributed by atoms with van der Waals surface area (Å²) in [5.41, 5.74) is 0. The number of amides is 1. The normalized spacial score (nSPS) is 12.1. The van der Waals surface area contributed by atoms with Gasteiger partial charge in [0.2, 0.25) is 0 Å². The number of aliphatic hydroxyl groups is 1. The van der Waals surface area contributed by atoms with Gasteiger partial charge in [-0.3, -0.25) is 9.59 Å². The molecule has 1 aromatic heterocycles. The minimum absolute atomic E-state index is 0.0495. The molecule has 2 N–H and O–H groups in total. The molecule has 0 aromatic carbocycles. The molecule has 0 radical (unpaired) electrons. The SMILES string of the molecule is CCC(CO)N(CCC(=O)O)C(=O)c1ccco1. The van der Waals surface area contributed by atoms with E-state index in [1.54, 1.807) is 6.07 Å². The average Bonchev–Trinajstić information content (AvgIpc) is 2.87. The largest absolute Gasteiger partial charge is 0.481 e. The van der Waals surface area contributed by atoms with E-state index >= 15 is 0 Å². The van der Waals surface area contributed by atoms with Crippen LogP contribution < -0.4 is 0 Å². The van der Waals surface area contributed by atoms with Crippen LogP contribution in [0.1, 0.15) is 30.3 Å². The van der Waals surface area contributed by atoms with Crippen LogP contribution in [0.5, 0.6) is 0 Å². The summed E-state index contributed by atoms with van der Waals surface area (Å²) in [5, 5.41) is 17.9. The molecular weight excluding hydrogens is 238 g/mol. The third-order valence-electron chi connectivity index (χ3n) is 2.68. The molecule has 1 atom stereocenters. The van der Waals surface area contributed by atoms with Crippen molar-refractivity contribution in [2.24, 2.45) is 0 Å². The van der Waals surface area contributed by atoms with Gasteiger partial charge in [0, 0.05) is 6.54 Å². The van der Waals surface area contributed by atoms with E-state index in [0.29, 0.717) is 6.42 Å². The van der Waals surface area contributed by atoms with Crippen LogP contribution in [-0.2, 0) is 4.79 Å². The molecule has 0 fully saturated rings. The zero-order valence-electron chi connectivity index (χ0n) is 10.2. The van der Waals surface area contributed by atoms with Crippen molar-refractivity contribution in [3.05, 3.63) is 24.2 Å². The summed E-state index contributed by atoms with van der Waals surface area (Å²) in [6.45, 7) is 1.67. The van der Waals surface area contributed by atoms with Crippen LogP contribution in [0.25, 0.3) is 0 Å². The third-order valence-corrected chi connectivity index (χ3v) is 2.68. The van der Waals surface area contributed by atoms with Crippen molar-refractivity contribution < 1.29 is 24.2 Å². The Bertz CT molecular complexity index is 383. The van der Waals surface area contributed by atoms with Crippen LogP contribution >= 0.6 is 0 Å². The van der Waals surface area contributed by atoms with Crippen molar-refractivity contribution >= 4 is 11.9 Å². The Morgan fingerprint density at radius 1 is 1.50 bits per heavy atom. The second-order valence-electron chi connectivity index (χ2n) is 3.86. The van der Waals surface area contributed by atoms with Crippen molar-refractivity contribution in [2.75, 3.05) is 13.2 Å². The molecule has 18 heavy (non-hydrogen) atoms. The fraction of sp³-hybridized carbons (Fsp3) is 0.500. The van der Waals surface area contributed by atoms with Gasteiger partial charge in [-0.2, -0.15) is 0 Å². The Morgan fingerprint density at radius 3 is 2.67 bits per heavy atom. The van der Waals surface area contributed by atoms with E-state index in [9.17, 15) is 14.7 Å². The van der Waals surface area contributed by atoms with E-state index in [1.165, 1.54) is 17.2 Å². The van der Waals surface area contributed by atoms with Gasteiger partial charge in [-0.25, -0.2) is 0 Å².